The highest BCUT2D eigenvalue weighted by molar-refractivity contribution is 9.10. The first kappa shape index (κ1) is 84.9. The normalized spacial score (nSPS) is 19.9. The summed E-state index contributed by atoms with van der Waals surface area (Å²) in [5.41, 5.74) is 11.5. The van der Waals surface area contributed by atoms with Gasteiger partial charge in [-0.1, -0.05) is 203 Å². The summed E-state index contributed by atoms with van der Waals surface area (Å²) in [5, 5.41) is 19.0. The SMILES string of the molecule is CC(C)(C)[S@@](=O)N[C@@H]1CCCC12CCN(c1cnc(Sc3cccc(Cl)c3Cl)c(OCc3ccccc3)c1)CC2.CC(C)(C)[S@@](=O)N[C@@H]1CCCC12CCNCC2.Clc1cccc(Sc2ncc(Br)cc2OCc2ccccc2)c1Cl.N[C@@H]1CCCC12CCN(c1cnc(Sc3cccc(Cl)c3Cl)c(O)c1)CC2. The van der Waals surface area contributed by atoms with Crippen LogP contribution in [-0.2, 0) is 35.2 Å². The number of hydrogen-bond donors (Lipinski definition) is 5. The minimum atomic E-state index is -1.05. The van der Waals surface area contributed by atoms with Crippen LogP contribution in [0.25, 0.3) is 0 Å². The van der Waals surface area contributed by atoms with Crippen LogP contribution >= 0.6 is 121 Å². The smallest absolute Gasteiger partial charge is 0.154 e. The molecule has 5 aromatic carbocycles. The number of hydrogen-bond acceptors (Lipinski definition) is 15. The largest absolute Gasteiger partial charge is 0.505 e. The number of nitrogens with two attached hydrogens (primary N) is 1. The zero-order valence-electron chi connectivity index (χ0n) is 62.0. The van der Waals surface area contributed by atoms with Crippen LogP contribution in [0.15, 0.2) is 186 Å². The van der Waals surface area contributed by atoms with Crippen molar-refractivity contribution in [3.8, 4) is 17.2 Å². The first-order valence-electron chi connectivity index (χ1n) is 37.1. The van der Waals surface area contributed by atoms with Crippen molar-refractivity contribution in [1.82, 2.24) is 29.7 Å². The highest BCUT2D eigenvalue weighted by Crippen LogP contribution is 2.51. The Hall–Kier alpha value is -4.04. The van der Waals surface area contributed by atoms with E-state index < -0.39 is 22.0 Å². The summed E-state index contributed by atoms with van der Waals surface area (Å²) in [6.07, 6.45) is 23.3. The molecule has 6 aliphatic rings. The van der Waals surface area contributed by atoms with Crippen LogP contribution in [0.2, 0.25) is 30.1 Å². The van der Waals surface area contributed by atoms with Crippen molar-refractivity contribution in [2.24, 2.45) is 22.0 Å². The van der Waals surface area contributed by atoms with E-state index in [9.17, 15) is 13.5 Å². The lowest BCUT2D eigenvalue weighted by Crippen LogP contribution is -2.51. The number of piperidine rings is 3. The van der Waals surface area contributed by atoms with Gasteiger partial charge in [0.2, 0.25) is 0 Å². The number of halogens is 7. The summed E-state index contributed by atoms with van der Waals surface area (Å²) in [4.78, 5) is 20.9. The molecule has 8 aromatic rings. The van der Waals surface area contributed by atoms with Gasteiger partial charge >= 0.3 is 0 Å². The van der Waals surface area contributed by atoms with Gasteiger partial charge in [0.15, 0.2) is 11.5 Å². The van der Waals surface area contributed by atoms with E-state index in [4.69, 9.17) is 89.8 Å². The third kappa shape index (κ3) is 22.3. The van der Waals surface area contributed by atoms with Crippen molar-refractivity contribution in [3.05, 3.63) is 198 Å². The fourth-order valence-electron chi connectivity index (χ4n) is 15.1. The Bertz CT molecular complexity index is 4360. The van der Waals surface area contributed by atoms with Crippen LogP contribution < -0.4 is 39.8 Å². The van der Waals surface area contributed by atoms with E-state index in [0.717, 1.165) is 135 Å². The molecular formula is C82H98BrCl6N9O5S5. The van der Waals surface area contributed by atoms with E-state index in [2.05, 4.69) is 68.7 Å². The predicted octanol–water partition coefficient (Wildman–Crippen LogP) is 22.5. The lowest BCUT2D eigenvalue weighted by Gasteiger charge is -2.44. The number of nitrogens with one attached hydrogen (secondary N) is 3. The molecule has 14 rings (SSSR count). The number of rotatable bonds is 18. The molecule has 3 spiro atoms. The molecular weight excluding hydrogens is 1640 g/mol. The fourth-order valence-corrected chi connectivity index (χ4v) is 21.4. The second kappa shape index (κ2) is 38.9. The summed E-state index contributed by atoms with van der Waals surface area (Å²) in [7, 11) is -1.98. The highest BCUT2D eigenvalue weighted by atomic mass is 79.9. The van der Waals surface area contributed by atoms with Crippen molar-refractivity contribution >= 4 is 154 Å². The number of pyridine rings is 3. The summed E-state index contributed by atoms with van der Waals surface area (Å²) in [6, 6.07) is 43.6. The molecule has 3 aliphatic heterocycles. The van der Waals surface area contributed by atoms with Crippen molar-refractivity contribution in [3.63, 3.8) is 0 Å². The minimum absolute atomic E-state index is 0.156. The molecule has 3 saturated heterocycles. The van der Waals surface area contributed by atoms with Crippen LogP contribution in [0.4, 0.5) is 11.4 Å². The van der Waals surface area contributed by atoms with Gasteiger partial charge in [0.25, 0.3) is 0 Å². The topological polar surface area (TPSA) is 180 Å². The average molecular weight is 1740 g/mol. The van der Waals surface area contributed by atoms with Gasteiger partial charge in [-0.3, -0.25) is 0 Å². The van der Waals surface area contributed by atoms with Crippen LogP contribution in [-0.4, -0.2) is 95.4 Å². The van der Waals surface area contributed by atoms with Gasteiger partial charge in [0, 0.05) is 81.8 Å². The maximum atomic E-state index is 12.9. The Balaban J connectivity index is 0.000000150. The van der Waals surface area contributed by atoms with Crippen molar-refractivity contribution in [1.29, 1.82) is 0 Å². The van der Waals surface area contributed by atoms with E-state index in [-0.39, 0.29) is 20.7 Å². The molecule has 5 atom stereocenters. The molecule has 108 heavy (non-hydrogen) atoms. The van der Waals surface area contributed by atoms with E-state index in [0.29, 0.717) is 83.1 Å². The number of aromatic hydroxyl groups is 1. The first-order chi connectivity index (χ1) is 51.7. The lowest BCUT2D eigenvalue weighted by atomic mass is 9.74. The quantitative estimate of drug-likeness (QED) is 0.0547. The molecule has 14 nitrogen and oxygen atoms in total. The van der Waals surface area contributed by atoms with Gasteiger partial charge in [0.05, 0.1) is 85.4 Å². The average Bonchev–Trinajstić information content (AvgIpc) is 1.57. The number of nitrogens with zero attached hydrogens (tertiary/aromatic N) is 5. The number of anilines is 2. The standard InChI is InChI=1S/C31H37Cl2N3O2S2.C20H23Cl2N3OS.C18H12BrCl2NOS.C13H26N2OS/c1-30(2,3)40(37)35-27-13-8-14-31(27)15-17-36(18-16-31)23-19-25(38-21-22-9-5-4-6-10-22)29(34-20-23)39-26-12-7-11-24(32)28(26)33;21-14-3-1-4-16(18(14)22)27-19-15(26)11-13(12-24-19)25-9-7-20(8-10-25)6-2-5-17(20)23;19-13-9-15(23-11-12-5-2-1-3-6-12)18(22-10-13)24-16-8-4-7-14(20)17(16)21;1-12(2,3)17(16)15-11-5-4-6-13(11)7-9-14-10-8-13/h4-7,9-12,19-20,27,35H,8,13-18,21H2,1-3H3;1,3-4,11-12,17,26H,2,5-10,23H2;1-10H,11H2;11,14-15H,4-10H2,1-3H3/t27-,40-;17-;;11-,17-/m11.1/s1. The second-order valence-electron chi connectivity index (χ2n) is 30.7. The molecule has 3 aliphatic carbocycles. The van der Waals surface area contributed by atoms with Gasteiger partial charge in [-0.2, -0.15) is 0 Å². The number of ether oxygens (including phenoxy) is 2. The van der Waals surface area contributed by atoms with Gasteiger partial charge in [0.1, 0.15) is 34.0 Å². The van der Waals surface area contributed by atoms with Gasteiger partial charge in [-0.05, 0) is 217 Å². The summed E-state index contributed by atoms with van der Waals surface area (Å²) >= 11 is 45.1. The Labute approximate surface area is 695 Å². The molecule has 0 amide bonds. The molecule has 3 aromatic heterocycles. The first-order valence-corrected chi connectivity index (χ1v) is 44.9. The zero-order valence-corrected chi connectivity index (χ0v) is 72.2. The van der Waals surface area contributed by atoms with E-state index in [1.807, 2.05) is 145 Å². The third-order valence-electron chi connectivity index (χ3n) is 21.5. The monoisotopic (exact) mass is 1740 g/mol. The molecule has 26 heteroatoms. The van der Waals surface area contributed by atoms with Crippen molar-refractivity contribution < 1.29 is 23.0 Å². The van der Waals surface area contributed by atoms with Gasteiger partial charge in [-0.25, -0.2) is 32.8 Å². The van der Waals surface area contributed by atoms with E-state index in [1.165, 1.54) is 93.1 Å². The number of aromatic nitrogens is 3. The Morgan fingerprint density at radius 1 is 0.519 bits per heavy atom. The lowest BCUT2D eigenvalue weighted by molar-refractivity contribution is 0.175. The Morgan fingerprint density at radius 2 is 0.907 bits per heavy atom. The molecule has 0 bridgehead atoms. The molecule has 6 fully saturated rings. The van der Waals surface area contributed by atoms with E-state index >= 15 is 0 Å². The van der Waals surface area contributed by atoms with E-state index in [1.54, 1.807) is 30.5 Å². The summed E-state index contributed by atoms with van der Waals surface area (Å²) in [5.74, 6) is 1.57. The predicted molar refractivity (Wildman–Crippen MR) is 457 cm³/mol. The molecule has 6 N–H and O–H groups in total. The Kier molecular flexibility index (Phi) is 30.5. The maximum absolute atomic E-state index is 12.9. The molecule has 0 unspecified atom stereocenters. The molecule has 3 saturated carbocycles. The fraction of sp³-hybridized carbons (Fsp3) is 0.451. The van der Waals surface area contributed by atoms with Crippen molar-refractivity contribution in [2.75, 3.05) is 49.1 Å². The minimum Gasteiger partial charge on any atom is -0.505 e. The van der Waals surface area contributed by atoms with Crippen LogP contribution in [0.3, 0.4) is 0 Å². The summed E-state index contributed by atoms with van der Waals surface area (Å²) < 4.78 is 44.8. The third-order valence-corrected chi connectivity index (χ3v) is 31.1. The van der Waals surface area contributed by atoms with Crippen LogP contribution in [0.5, 0.6) is 17.2 Å². The molecule has 0 radical (unpaired) electrons. The van der Waals surface area contributed by atoms with Crippen molar-refractivity contribution in [2.45, 2.75) is 208 Å². The second-order valence-corrected chi connectivity index (χ2v) is 41.0. The zero-order chi connectivity index (χ0) is 76.8. The maximum Gasteiger partial charge on any atom is 0.154 e. The van der Waals surface area contributed by atoms with Gasteiger partial charge < -0.3 is 35.4 Å². The highest BCUT2D eigenvalue weighted by Gasteiger charge is 2.48. The molecule has 6 heterocycles. The number of benzene rings is 5. The van der Waals surface area contributed by atoms with Crippen LogP contribution in [0, 0.1) is 16.2 Å². The van der Waals surface area contributed by atoms with Crippen LogP contribution in [0.1, 0.15) is 149 Å². The summed E-state index contributed by atoms with van der Waals surface area (Å²) in [6.45, 7) is 19.2. The van der Waals surface area contributed by atoms with Gasteiger partial charge in [-0.15, -0.1) is 0 Å². The Morgan fingerprint density at radius 3 is 1.34 bits per heavy atom. The molecule has 580 valence electrons.